The molecule has 0 bridgehead atoms. The Morgan fingerprint density at radius 3 is 2.79 bits per heavy atom. The minimum atomic E-state index is -0.907. The zero-order valence-electron chi connectivity index (χ0n) is 8.19. The molecule has 0 aliphatic carbocycles. The molecule has 0 aliphatic rings. The lowest BCUT2D eigenvalue weighted by Crippen LogP contribution is -2.38. The summed E-state index contributed by atoms with van der Waals surface area (Å²) in [6.07, 6.45) is 2.82. The molecular weight excluding hydrogens is 182 g/mol. The summed E-state index contributed by atoms with van der Waals surface area (Å²) in [4.78, 5) is 11.4. The van der Waals surface area contributed by atoms with Crippen molar-refractivity contribution in [2.45, 2.75) is 19.4 Å². The second kappa shape index (κ2) is 4.15. The van der Waals surface area contributed by atoms with Crippen LogP contribution in [0.5, 0.6) is 0 Å². The SMILES string of the molecule is CC(C)(O)CNC(=O)c1ccnnc1. The number of amides is 1. The summed E-state index contributed by atoms with van der Waals surface area (Å²) in [6.45, 7) is 3.45. The summed E-state index contributed by atoms with van der Waals surface area (Å²) in [5.74, 6) is -0.262. The van der Waals surface area contributed by atoms with Crippen LogP contribution >= 0.6 is 0 Å². The van der Waals surface area contributed by atoms with Crippen molar-refractivity contribution in [3.8, 4) is 0 Å². The number of rotatable bonds is 3. The van der Waals surface area contributed by atoms with Crippen LogP contribution in [-0.4, -0.2) is 33.4 Å². The van der Waals surface area contributed by atoms with Gasteiger partial charge in [-0.25, -0.2) is 0 Å². The second-order valence-corrected chi connectivity index (χ2v) is 3.63. The van der Waals surface area contributed by atoms with Gasteiger partial charge in [-0.2, -0.15) is 10.2 Å². The van der Waals surface area contributed by atoms with Crippen molar-refractivity contribution in [2.75, 3.05) is 6.54 Å². The van der Waals surface area contributed by atoms with Crippen molar-refractivity contribution in [3.63, 3.8) is 0 Å². The van der Waals surface area contributed by atoms with Gasteiger partial charge in [0.1, 0.15) is 0 Å². The van der Waals surface area contributed by atoms with Crippen molar-refractivity contribution in [1.82, 2.24) is 15.5 Å². The van der Waals surface area contributed by atoms with Crippen LogP contribution in [0.2, 0.25) is 0 Å². The van der Waals surface area contributed by atoms with E-state index in [1.165, 1.54) is 12.4 Å². The van der Waals surface area contributed by atoms with Gasteiger partial charge in [0, 0.05) is 6.54 Å². The highest BCUT2D eigenvalue weighted by Crippen LogP contribution is 1.99. The van der Waals surface area contributed by atoms with E-state index < -0.39 is 5.60 Å². The number of hydrogen-bond acceptors (Lipinski definition) is 4. The van der Waals surface area contributed by atoms with Gasteiger partial charge in [-0.3, -0.25) is 4.79 Å². The first kappa shape index (κ1) is 10.6. The van der Waals surface area contributed by atoms with Crippen LogP contribution < -0.4 is 5.32 Å². The Hall–Kier alpha value is -1.49. The number of hydrogen-bond donors (Lipinski definition) is 2. The highest BCUT2D eigenvalue weighted by atomic mass is 16.3. The van der Waals surface area contributed by atoms with Crippen molar-refractivity contribution in [1.29, 1.82) is 0 Å². The molecule has 14 heavy (non-hydrogen) atoms. The number of aromatic nitrogens is 2. The third kappa shape index (κ3) is 3.49. The van der Waals surface area contributed by atoms with Crippen LogP contribution in [0.1, 0.15) is 24.2 Å². The fourth-order valence-corrected chi connectivity index (χ4v) is 0.824. The maximum atomic E-state index is 11.4. The van der Waals surface area contributed by atoms with Crippen LogP contribution in [0.25, 0.3) is 0 Å². The van der Waals surface area contributed by atoms with Crippen LogP contribution in [0, 0.1) is 0 Å². The molecular formula is C9H13N3O2. The molecule has 1 rings (SSSR count). The molecule has 0 unspecified atom stereocenters. The van der Waals surface area contributed by atoms with E-state index in [2.05, 4.69) is 15.5 Å². The van der Waals surface area contributed by atoms with Crippen molar-refractivity contribution >= 4 is 5.91 Å². The zero-order valence-corrected chi connectivity index (χ0v) is 8.19. The number of nitrogens with one attached hydrogen (secondary N) is 1. The molecule has 5 nitrogen and oxygen atoms in total. The van der Waals surface area contributed by atoms with Gasteiger partial charge >= 0.3 is 0 Å². The Morgan fingerprint density at radius 1 is 1.57 bits per heavy atom. The molecule has 0 atom stereocenters. The molecule has 1 heterocycles. The van der Waals surface area contributed by atoms with E-state index in [0.29, 0.717) is 5.56 Å². The molecule has 0 spiro atoms. The van der Waals surface area contributed by atoms with E-state index in [1.807, 2.05) is 0 Å². The molecule has 0 saturated carbocycles. The van der Waals surface area contributed by atoms with Crippen molar-refractivity contribution in [3.05, 3.63) is 24.0 Å². The Labute approximate surface area is 82.2 Å². The summed E-state index contributed by atoms with van der Waals surface area (Å²) >= 11 is 0. The van der Waals surface area contributed by atoms with Crippen LogP contribution in [0.15, 0.2) is 18.5 Å². The second-order valence-electron chi connectivity index (χ2n) is 3.63. The van der Waals surface area contributed by atoms with Gasteiger partial charge in [0.2, 0.25) is 0 Å². The number of carbonyl (C=O) groups is 1. The highest BCUT2D eigenvalue weighted by Gasteiger charge is 2.14. The molecule has 76 valence electrons. The predicted molar refractivity (Wildman–Crippen MR) is 50.7 cm³/mol. The molecule has 0 aromatic carbocycles. The first-order valence-electron chi connectivity index (χ1n) is 4.26. The average Bonchev–Trinajstić information content (AvgIpc) is 2.14. The topological polar surface area (TPSA) is 75.1 Å². The highest BCUT2D eigenvalue weighted by molar-refractivity contribution is 5.93. The Morgan fingerprint density at radius 2 is 2.29 bits per heavy atom. The quantitative estimate of drug-likeness (QED) is 0.710. The third-order valence-electron chi connectivity index (χ3n) is 1.53. The molecule has 1 aromatic rings. The van der Waals surface area contributed by atoms with E-state index in [4.69, 9.17) is 0 Å². The lowest BCUT2D eigenvalue weighted by molar-refractivity contribution is 0.0694. The number of carbonyl (C=O) groups excluding carboxylic acids is 1. The molecule has 0 radical (unpaired) electrons. The summed E-state index contributed by atoms with van der Waals surface area (Å²) in [5.41, 5.74) is -0.472. The summed E-state index contributed by atoms with van der Waals surface area (Å²) in [6, 6.07) is 1.56. The van der Waals surface area contributed by atoms with Gasteiger partial charge < -0.3 is 10.4 Å². The minimum Gasteiger partial charge on any atom is -0.389 e. The normalized spacial score (nSPS) is 11.1. The van der Waals surface area contributed by atoms with Gasteiger partial charge in [0.15, 0.2) is 0 Å². The largest absolute Gasteiger partial charge is 0.389 e. The zero-order chi connectivity index (χ0) is 10.6. The van der Waals surface area contributed by atoms with Crippen LogP contribution in [0.3, 0.4) is 0 Å². The minimum absolute atomic E-state index is 0.203. The molecule has 2 N–H and O–H groups in total. The maximum Gasteiger partial charge on any atom is 0.253 e. The van der Waals surface area contributed by atoms with Crippen molar-refractivity contribution < 1.29 is 9.90 Å². The van der Waals surface area contributed by atoms with Gasteiger partial charge in [0.25, 0.3) is 5.91 Å². The summed E-state index contributed by atoms with van der Waals surface area (Å²) in [5, 5.41) is 19.1. The molecule has 5 heteroatoms. The maximum absolute atomic E-state index is 11.4. The van der Waals surface area contributed by atoms with E-state index >= 15 is 0 Å². The van der Waals surface area contributed by atoms with Gasteiger partial charge in [-0.15, -0.1) is 0 Å². The molecule has 0 fully saturated rings. The first-order valence-corrected chi connectivity index (χ1v) is 4.26. The van der Waals surface area contributed by atoms with E-state index in [1.54, 1.807) is 19.9 Å². The molecule has 0 aliphatic heterocycles. The molecule has 1 aromatic heterocycles. The Kier molecular flexibility index (Phi) is 3.14. The van der Waals surface area contributed by atoms with E-state index in [-0.39, 0.29) is 12.5 Å². The smallest absolute Gasteiger partial charge is 0.253 e. The standard InChI is InChI=1S/C9H13N3O2/c1-9(2,14)6-10-8(13)7-3-4-11-12-5-7/h3-5,14H,6H2,1-2H3,(H,10,13). The van der Waals surface area contributed by atoms with E-state index in [9.17, 15) is 9.90 Å². The molecule has 0 saturated heterocycles. The first-order chi connectivity index (χ1) is 6.49. The van der Waals surface area contributed by atoms with Gasteiger partial charge in [-0.05, 0) is 19.9 Å². The fraction of sp³-hybridized carbons (Fsp3) is 0.444. The monoisotopic (exact) mass is 195 g/mol. The van der Waals surface area contributed by atoms with Crippen molar-refractivity contribution in [2.24, 2.45) is 0 Å². The van der Waals surface area contributed by atoms with Crippen LogP contribution in [-0.2, 0) is 0 Å². The summed E-state index contributed by atoms with van der Waals surface area (Å²) < 4.78 is 0. The average molecular weight is 195 g/mol. The Balaban J connectivity index is 2.52. The van der Waals surface area contributed by atoms with Gasteiger partial charge in [-0.1, -0.05) is 0 Å². The number of nitrogens with zero attached hydrogens (tertiary/aromatic N) is 2. The van der Waals surface area contributed by atoms with Gasteiger partial charge in [0.05, 0.1) is 23.6 Å². The Bertz CT molecular complexity index is 306. The fourth-order valence-electron chi connectivity index (χ4n) is 0.824. The third-order valence-corrected chi connectivity index (χ3v) is 1.53. The van der Waals surface area contributed by atoms with E-state index in [0.717, 1.165) is 0 Å². The predicted octanol–water partition coefficient (Wildman–Crippen LogP) is -0.0227. The lowest BCUT2D eigenvalue weighted by atomic mass is 10.1. The lowest BCUT2D eigenvalue weighted by Gasteiger charge is -2.17. The number of aliphatic hydroxyl groups is 1. The molecule has 1 amide bonds. The summed E-state index contributed by atoms with van der Waals surface area (Å²) in [7, 11) is 0. The van der Waals surface area contributed by atoms with Crippen LogP contribution in [0.4, 0.5) is 0 Å².